The van der Waals surface area contributed by atoms with Crippen molar-refractivity contribution < 1.29 is 0 Å². The van der Waals surface area contributed by atoms with Crippen LogP contribution in [0.3, 0.4) is 0 Å². The van der Waals surface area contributed by atoms with Crippen LogP contribution in [0.2, 0.25) is 0 Å². The summed E-state index contributed by atoms with van der Waals surface area (Å²) in [6.45, 7) is 4.74. The van der Waals surface area contributed by atoms with E-state index < -0.39 is 0 Å². The zero-order valence-electron chi connectivity index (χ0n) is 12.3. The van der Waals surface area contributed by atoms with E-state index >= 15 is 0 Å². The van der Waals surface area contributed by atoms with Gasteiger partial charge in [0.1, 0.15) is 0 Å². The van der Waals surface area contributed by atoms with E-state index in [9.17, 15) is 0 Å². The molecule has 1 fully saturated rings. The first kappa shape index (κ1) is 15.0. The summed E-state index contributed by atoms with van der Waals surface area (Å²) in [6, 6.07) is 0.790. The van der Waals surface area contributed by atoms with Crippen molar-refractivity contribution in [2.45, 2.75) is 84.1 Å². The smallest absolute Gasteiger partial charge is 0.00948 e. The molecule has 1 heteroatoms. The predicted octanol–water partition coefficient (Wildman–Crippen LogP) is 4.76. The van der Waals surface area contributed by atoms with Gasteiger partial charge < -0.3 is 5.32 Å². The van der Waals surface area contributed by atoms with Crippen molar-refractivity contribution in [2.24, 2.45) is 11.8 Å². The van der Waals surface area contributed by atoms with Gasteiger partial charge in [-0.15, -0.1) is 0 Å². The number of hydrogen-bond acceptors (Lipinski definition) is 1. The molecule has 3 atom stereocenters. The van der Waals surface area contributed by atoms with Gasteiger partial charge in [-0.3, -0.25) is 0 Å². The Bertz CT molecular complexity index is 178. The first-order valence-electron chi connectivity index (χ1n) is 7.96. The van der Waals surface area contributed by atoms with Crippen molar-refractivity contribution in [1.82, 2.24) is 5.32 Å². The van der Waals surface area contributed by atoms with Crippen LogP contribution in [-0.2, 0) is 0 Å². The molecule has 0 heterocycles. The van der Waals surface area contributed by atoms with E-state index in [1.165, 1.54) is 64.2 Å². The molecule has 0 spiro atoms. The van der Waals surface area contributed by atoms with E-state index in [0.29, 0.717) is 0 Å². The Balaban J connectivity index is 2.10. The minimum absolute atomic E-state index is 0.790. The largest absolute Gasteiger partial charge is 0.317 e. The van der Waals surface area contributed by atoms with Gasteiger partial charge in [0.25, 0.3) is 0 Å². The van der Waals surface area contributed by atoms with E-state index in [1.807, 2.05) is 0 Å². The summed E-state index contributed by atoms with van der Waals surface area (Å²) in [7, 11) is 2.16. The molecule has 0 aliphatic heterocycles. The molecule has 0 amide bonds. The zero-order chi connectivity index (χ0) is 12.5. The maximum Gasteiger partial charge on any atom is 0.00948 e. The van der Waals surface area contributed by atoms with Gasteiger partial charge in [-0.05, 0) is 31.7 Å². The van der Waals surface area contributed by atoms with Crippen LogP contribution in [0.4, 0.5) is 0 Å². The Hall–Kier alpha value is -0.0400. The van der Waals surface area contributed by atoms with Gasteiger partial charge in [0.05, 0.1) is 0 Å². The second-order valence-corrected chi connectivity index (χ2v) is 6.02. The Morgan fingerprint density at radius 2 is 1.76 bits per heavy atom. The lowest BCUT2D eigenvalue weighted by molar-refractivity contribution is 0.290. The van der Waals surface area contributed by atoms with Crippen molar-refractivity contribution in [2.75, 3.05) is 7.05 Å². The second-order valence-electron chi connectivity index (χ2n) is 6.02. The summed E-state index contributed by atoms with van der Waals surface area (Å²) in [5.41, 5.74) is 0. The third-order valence-corrected chi connectivity index (χ3v) is 4.68. The monoisotopic (exact) mass is 239 g/mol. The first-order chi connectivity index (χ1) is 8.29. The molecular formula is C16H33N. The van der Waals surface area contributed by atoms with Crippen LogP contribution in [0.25, 0.3) is 0 Å². The van der Waals surface area contributed by atoms with Gasteiger partial charge in [0, 0.05) is 6.04 Å². The molecule has 1 saturated carbocycles. The van der Waals surface area contributed by atoms with Gasteiger partial charge in [-0.25, -0.2) is 0 Å². The lowest BCUT2D eigenvalue weighted by Crippen LogP contribution is -2.34. The molecule has 1 nitrogen and oxygen atoms in total. The van der Waals surface area contributed by atoms with Crippen LogP contribution in [0, 0.1) is 11.8 Å². The van der Waals surface area contributed by atoms with Gasteiger partial charge in [-0.1, -0.05) is 65.2 Å². The molecular weight excluding hydrogens is 206 g/mol. The Morgan fingerprint density at radius 1 is 1.06 bits per heavy atom. The van der Waals surface area contributed by atoms with Crippen molar-refractivity contribution in [3.63, 3.8) is 0 Å². The highest BCUT2D eigenvalue weighted by Gasteiger charge is 2.29. The number of nitrogens with one attached hydrogen (secondary N) is 1. The molecule has 1 aliphatic rings. The summed E-state index contributed by atoms with van der Waals surface area (Å²) < 4.78 is 0. The van der Waals surface area contributed by atoms with Crippen molar-refractivity contribution in [3.05, 3.63) is 0 Å². The van der Waals surface area contributed by atoms with Crippen LogP contribution in [0.5, 0.6) is 0 Å². The van der Waals surface area contributed by atoms with Gasteiger partial charge in [0.15, 0.2) is 0 Å². The highest BCUT2D eigenvalue weighted by Crippen LogP contribution is 2.35. The SMILES string of the molecule is CCCCCCCCC(NC)C1CCCC1C. The summed E-state index contributed by atoms with van der Waals surface area (Å²) >= 11 is 0. The average molecular weight is 239 g/mol. The normalized spacial score (nSPS) is 26.3. The van der Waals surface area contributed by atoms with Crippen LogP contribution in [0.1, 0.15) is 78.1 Å². The van der Waals surface area contributed by atoms with E-state index in [2.05, 4.69) is 26.2 Å². The Morgan fingerprint density at radius 3 is 2.35 bits per heavy atom. The number of unbranched alkanes of at least 4 members (excludes halogenated alkanes) is 5. The third-order valence-electron chi connectivity index (χ3n) is 4.68. The fourth-order valence-electron chi connectivity index (χ4n) is 3.49. The van der Waals surface area contributed by atoms with E-state index in [4.69, 9.17) is 0 Å². The maximum atomic E-state index is 3.58. The van der Waals surface area contributed by atoms with E-state index in [1.54, 1.807) is 0 Å². The quantitative estimate of drug-likeness (QED) is 0.572. The number of hydrogen-bond donors (Lipinski definition) is 1. The first-order valence-corrected chi connectivity index (χ1v) is 7.96. The molecule has 0 saturated heterocycles. The summed E-state index contributed by atoms with van der Waals surface area (Å²) in [5.74, 6) is 1.91. The fraction of sp³-hybridized carbons (Fsp3) is 1.00. The molecule has 0 aromatic heterocycles. The van der Waals surface area contributed by atoms with Crippen molar-refractivity contribution in [3.8, 4) is 0 Å². The van der Waals surface area contributed by atoms with Crippen LogP contribution < -0.4 is 5.32 Å². The third kappa shape index (κ3) is 5.42. The topological polar surface area (TPSA) is 12.0 Å². The maximum absolute atomic E-state index is 3.58. The molecule has 1 aliphatic carbocycles. The molecule has 0 aromatic carbocycles. The minimum Gasteiger partial charge on any atom is -0.317 e. The Kier molecular flexibility index (Phi) is 7.92. The molecule has 102 valence electrons. The molecule has 0 aromatic rings. The second kappa shape index (κ2) is 8.97. The van der Waals surface area contributed by atoms with E-state index in [-0.39, 0.29) is 0 Å². The molecule has 1 rings (SSSR count). The lowest BCUT2D eigenvalue weighted by atomic mass is 9.87. The van der Waals surface area contributed by atoms with Gasteiger partial charge in [0.2, 0.25) is 0 Å². The average Bonchev–Trinajstić information content (AvgIpc) is 2.75. The molecule has 0 radical (unpaired) electrons. The van der Waals surface area contributed by atoms with Crippen molar-refractivity contribution in [1.29, 1.82) is 0 Å². The molecule has 17 heavy (non-hydrogen) atoms. The molecule has 0 bridgehead atoms. The predicted molar refractivity (Wildman–Crippen MR) is 77.3 cm³/mol. The molecule has 3 unspecified atom stereocenters. The fourth-order valence-corrected chi connectivity index (χ4v) is 3.49. The van der Waals surface area contributed by atoms with E-state index in [0.717, 1.165) is 17.9 Å². The van der Waals surface area contributed by atoms with Crippen LogP contribution >= 0.6 is 0 Å². The zero-order valence-corrected chi connectivity index (χ0v) is 12.3. The van der Waals surface area contributed by atoms with Gasteiger partial charge in [-0.2, -0.15) is 0 Å². The minimum atomic E-state index is 0.790. The standard InChI is InChI=1S/C16H33N/c1-4-5-6-7-8-9-13-16(17-3)15-12-10-11-14(15)2/h14-17H,4-13H2,1-3H3. The Labute approximate surface area is 109 Å². The molecule has 1 N–H and O–H groups in total. The van der Waals surface area contributed by atoms with Crippen molar-refractivity contribution >= 4 is 0 Å². The summed E-state index contributed by atoms with van der Waals surface area (Å²) in [6.07, 6.45) is 14.3. The van der Waals surface area contributed by atoms with Crippen LogP contribution in [0.15, 0.2) is 0 Å². The summed E-state index contributed by atoms with van der Waals surface area (Å²) in [4.78, 5) is 0. The van der Waals surface area contributed by atoms with Gasteiger partial charge >= 0.3 is 0 Å². The number of rotatable bonds is 9. The van der Waals surface area contributed by atoms with Crippen LogP contribution in [-0.4, -0.2) is 13.1 Å². The lowest BCUT2D eigenvalue weighted by Gasteiger charge is -2.26. The highest BCUT2D eigenvalue weighted by atomic mass is 14.9. The summed E-state index contributed by atoms with van der Waals surface area (Å²) in [5, 5.41) is 3.58. The highest BCUT2D eigenvalue weighted by molar-refractivity contribution is 4.83.